The van der Waals surface area contributed by atoms with Crippen LogP contribution in [0.2, 0.25) is 0 Å². The number of ether oxygens (including phenoxy) is 1. The molecule has 154 valence electrons. The Morgan fingerprint density at radius 3 is 2.11 bits per heavy atom. The zero-order chi connectivity index (χ0) is 19.9. The minimum atomic E-state index is 0.00797. The van der Waals surface area contributed by atoms with Crippen LogP contribution < -0.4 is 4.74 Å². The first-order valence-corrected chi connectivity index (χ1v) is 10.8. The molecule has 0 saturated carbocycles. The number of carbonyl (C=O) groups is 2. The summed E-state index contributed by atoms with van der Waals surface area (Å²) >= 11 is 0. The van der Waals surface area contributed by atoms with Gasteiger partial charge in [-0.2, -0.15) is 0 Å². The standard InChI is InChI=1S/C23H34N2O3/c1-18(2)19-7-9-21(10-8-19)28-17-22(26)24-15-11-20(12-16-24)23(27)25-13-5-3-4-6-14-25/h7-10,18,20H,3-6,11-17H2,1-2H3. The van der Waals surface area contributed by atoms with Crippen molar-refractivity contribution in [3.05, 3.63) is 29.8 Å². The van der Waals surface area contributed by atoms with E-state index in [1.165, 1.54) is 18.4 Å². The van der Waals surface area contributed by atoms with Gasteiger partial charge in [-0.15, -0.1) is 0 Å². The first-order chi connectivity index (χ1) is 13.5. The van der Waals surface area contributed by atoms with Gasteiger partial charge in [-0.25, -0.2) is 0 Å². The van der Waals surface area contributed by atoms with Crippen LogP contribution in [0.25, 0.3) is 0 Å². The maximum Gasteiger partial charge on any atom is 0.260 e. The average molecular weight is 387 g/mol. The van der Waals surface area contributed by atoms with E-state index in [-0.39, 0.29) is 18.4 Å². The SMILES string of the molecule is CC(C)c1ccc(OCC(=O)N2CCC(C(=O)N3CCCCCC3)CC2)cc1. The highest BCUT2D eigenvalue weighted by Crippen LogP contribution is 2.22. The molecule has 1 aromatic carbocycles. The molecule has 1 aromatic rings. The second-order valence-corrected chi connectivity index (χ2v) is 8.41. The molecular formula is C23H34N2O3. The zero-order valence-corrected chi connectivity index (χ0v) is 17.4. The van der Waals surface area contributed by atoms with Gasteiger partial charge in [-0.3, -0.25) is 9.59 Å². The number of benzene rings is 1. The fourth-order valence-corrected chi connectivity index (χ4v) is 4.11. The van der Waals surface area contributed by atoms with Crippen LogP contribution >= 0.6 is 0 Å². The largest absolute Gasteiger partial charge is 0.484 e. The summed E-state index contributed by atoms with van der Waals surface area (Å²) in [6.07, 6.45) is 6.25. The molecule has 28 heavy (non-hydrogen) atoms. The van der Waals surface area contributed by atoms with E-state index >= 15 is 0 Å². The van der Waals surface area contributed by atoms with E-state index < -0.39 is 0 Å². The Hall–Kier alpha value is -2.04. The van der Waals surface area contributed by atoms with E-state index in [2.05, 4.69) is 18.7 Å². The van der Waals surface area contributed by atoms with Crippen molar-refractivity contribution in [2.24, 2.45) is 5.92 Å². The molecule has 5 nitrogen and oxygen atoms in total. The quantitative estimate of drug-likeness (QED) is 0.773. The van der Waals surface area contributed by atoms with Crippen LogP contribution in [-0.4, -0.2) is 54.4 Å². The summed E-state index contributed by atoms with van der Waals surface area (Å²) in [7, 11) is 0. The van der Waals surface area contributed by atoms with Crippen molar-refractivity contribution in [2.45, 2.75) is 58.3 Å². The minimum Gasteiger partial charge on any atom is -0.484 e. The predicted octanol–water partition coefficient (Wildman–Crippen LogP) is 3.83. The van der Waals surface area contributed by atoms with Crippen LogP contribution in [0.15, 0.2) is 24.3 Å². The number of carbonyl (C=O) groups excluding carboxylic acids is 2. The number of likely N-dealkylation sites (tertiary alicyclic amines) is 2. The molecule has 0 radical (unpaired) electrons. The van der Waals surface area contributed by atoms with E-state index in [0.29, 0.717) is 24.9 Å². The van der Waals surface area contributed by atoms with Gasteiger partial charge in [0.25, 0.3) is 5.91 Å². The van der Waals surface area contributed by atoms with Crippen LogP contribution in [0.4, 0.5) is 0 Å². The monoisotopic (exact) mass is 386 g/mol. The smallest absolute Gasteiger partial charge is 0.260 e. The molecule has 0 N–H and O–H groups in total. The molecule has 0 unspecified atom stereocenters. The lowest BCUT2D eigenvalue weighted by Gasteiger charge is -2.34. The van der Waals surface area contributed by atoms with E-state index in [0.717, 1.165) is 44.5 Å². The third-order valence-corrected chi connectivity index (χ3v) is 6.02. The van der Waals surface area contributed by atoms with Gasteiger partial charge in [0.05, 0.1) is 0 Å². The van der Waals surface area contributed by atoms with E-state index in [1.807, 2.05) is 29.2 Å². The molecule has 0 atom stereocenters. The van der Waals surface area contributed by atoms with E-state index in [4.69, 9.17) is 4.74 Å². The molecule has 2 heterocycles. The van der Waals surface area contributed by atoms with Gasteiger partial charge in [-0.1, -0.05) is 38.8 Å². The van der Waals surface area contributed by atoms with E-state index in [9.17, 15) is 9.59 Å². The lowest BCUT2D eigenvalue weighted by atomic mass is 9.95. The number of hydrogen-bond acceptors (Lipinski definition) is 3. The van der Waals surface area contributed by atoms with E-state index in [1.54, 1.807) is 0 Å². The summed E-state index contributed by atoms with van der Waals surface area (Å²) in [5.74, 6) is 1.59. The summed E-state index contributed by atoms with van der Waals surface area (Å²) in [4.78, 5) is 29.1. The third-order valence-electron chi connectivity index (χ3n) is 6.02. The van der Waals surface area contributed by atoms with Gasteiger partial charge in [0, 0.05) is 32.1 Å². The number of rotatable bonds is 5. The van der Waals surface area contributed by atoms with Crippen molar-refractivity contribution < 1.29 is 14.3 Å². The first-order valence-electron chi connectivity index (χ1n) is 10.8. The van der Waals surface area contributed by atoms with Crippen molar-refractivity contribution in [3.63, 3.8) is 0 Å². The molecule has 2 saturated heterocycles. The fourth-order valence-electron chi connectivity index (χ4n) is 4.11. The van der Waals surface area contributed by atoms with Crippen LogP contribution in [0.5, 0.6) is 5.75 Å². The summed E-state index contributed by atoms with van der Waals surface area (Å²) in [6, 6.07) is 7.94. The second-order valence-electron chi connectivity index (χ2n) is 8.41. The van der Waals surface area contributed by atoms with Crippen molar-refractivity contribution in [1.29, 1.82) is 0 Å². The van der Waals surface area contributed by atoms with Crippen LogP contribution in [0.3, 0.4) is 0 Å². The molecule has 3 rings (SSSR count). The Bertz CT molecular complexity index is 640. The highest BCUT2D eigenvalue weighted by molar-refractivity contribution is 5.80. The Kier molecular flexibility index (Phi) is 7.35. The molecule has 2 aliphatic heterocycles. The normalized spacial score (nSPS) is 18.8. The third kappa shape index (κ3) is 5.49. The predicted molar refractivity (Wildman–Crippen MR) is 110 cm³/mol. The Balaban J connectivity index is 1.42. The molecule has 0 aliphatic carbocycles. The van der Waals surface area contributed by atoms with Crippen LogP contribution in [0, 0.1) is 5.92 Å². The van der Waals surface area contributed by atoms with Gasteiger partial charge in [0.15, 0.2) is 6.61 Å². The number of piperidine rings is 1. The summed E-state index contributed by atoms with van der Waals surface area (Å²) < 4.78 is 5.67. The zero-order valence-electron chi connectivity index (χ0n) is 17.4. The molecule has 0 bridgehead atoms. The number of nitrogens with zero attached hydrogens (tertiary/aromatic N) is 2. The molecular weight excluding hydrogens is 352 g/mol. The highest BCUT2D eigenvalue weighted by Gasteiger charge is 2.30. The van der Waals surface area contributed by atoms with Gasteiger partial charge in [0.1, 0.15) is 5.75 Å². The first kappa shape index (κ1) is 20.7. The minimum absolute atomic E-state index is 0.00797. The maximum absolute atomic E-state index is 12.8. The highest BCUT2D eigenvalue weighted by atomic mass is 16.5. The van der Waals surface area contributed by atoms with Gasteiger partial charge in [-0.05, 0) is 49.3 Å². The van der Waals surface area contributed by atoms with Crippen molar-refractivity contribution in [3.8, 4) is 5.75 Å². The van der Waals surface area contributed by atoms with Gasteiger partial charge >= 0.3 is 0 Å². The summed E-state index contributed by atoms with van der Waals surface area (Å²) in [5, 5.41) is 0. The summed E-state index contributed by atoms with van der Waals surface area (Å²) in [5.41, 5.74) is 1.26. The van der Waals surface area contributed by atoms with Crippen molar-refractivity contribution in [2.75, 3.05) is 32.8 Å². The maximum atomic E-state index is 12.8. The molecule has 2 aliphatic rings. The lowest BCUT2D eigenvalue weighted by Crippen LogP contribution is -2.45. The molecule has 0 aromatic heterocycles. The topological polar surface area (TPSA) is 49.9 Å². The Morgan fingerprint density at radius 2 is 1.54 bits per heavy atom. The lowest BCUT2D eigenvalue weighted by molar-refractivity contribution is -0.141. The van der Waals surface area contributed by atoms with Crippen LogP contribution in [-0.2, 0) is 9.59 Å². The molecule has 2 fully saturated rings. The van der Waals surface area contributed by atoms with Crippen molar-refractivity contribution in [1.82, 2.24) is 9.80 Å². The number of amides is 2. The van der Waals surface area contributed by atoms with Crippen LogP contribution in [0.1, 0.15) is 63.9 Å². The fraction of sp³-hybridized carbons (Fsp3) is 0.652. The Labute approximate surface area is 169 Å². The summed E-state index contributed by atoms with van der Waals surface area (Å²) in [6.45, 7) is 7.48. The Morgan fingerprint density at radius 1 is 0.929 bits per heavy atom. The average Bonchev–Trinajstić information content (AvgIpc) is 3.01. The number of hydrogen-bond donors (Lipinski definition) is 0. The van der Waals surface area contributed by atoms with Gasteiger partial charge < -0.3 is 14.5 Å². The molecule has 5 heteroatoms. The van der Waals surface area contributed by atoms with Gasteiger partial charge in [0.2, 0.25) is 5.91 Å². The van der Waals surface area contributed by atoms with Crippen molar-refractivity contribution >= 4 is 11.8 Å². The molecule has 0 spiro atoms. The molecule has 2 amide bonds. The second kappa shape index (κ2) is 9.94.